The van der Waals surface area contributed by atoms with Crippen LogP contribution in [0.5, 0.6) is 0 Å². The third-order valence-corrected chi connectivity index (χ3v) is 5.00. The fourth-order valence-corrected chi connectivity index (χ4v) is 3.41. The van der Waals surface area contributed by atoms with Gasteiger partial charge in [-0.3, -0.25) is 9.59 Å². The van der Waals surface area contributed by atoms with Crippen molar-refractivity contribution in [3.05, 3.63) is 35.4 Å². The smallest absolute Gasteiger partial charge is 0.226 e. The predicted octanol–water partition coefficient (Wildman–Crippen LogP) is 2.51. The number of aryl methyl sites for hydroxylation is 1. The first-order valence-electron chi connectivity index (χ1n) is 8.66. The highest BCUT2D eigenvalue weighted by atomic mass is 16.2. The van der Waals surface area contributed by atoms with Gasteiger partial charge in [-0.1, -0.05) is 36.8 Å². The van der Waals surface area contributed by atoms with E-state index in [0.717, 1.165) is 25.1 Å². The van der Waals surface area contributed by atoms with E-state index in [-0.39, 0.29) is 23.7 Å². The lowest BCUT2D eigenvalue weighted by molar-refractivity contribution is -0.136. The molecule has 0 radical (unpaired) electrons. The fraction of sp³-hybridized carbons (Fsp3) is 0.579. The molecule has 124 valence electrons. The molecule has 1 aliphatic heterocycles. The number of rotatable bonds is 4. The minimum atomic E-state index is -0.120. The number of nitrogens with one attached hydrogen (secondary N) is 1. The predicted molar refractivity (Wildman–Crippen MR) is 89.6 cm³/mol. The Bertz CT molecular complexity index is 582. The lowest BCUT2D eigenvalue weighted by atomic mass is 10.00. The molecule has 0 bridgehead atoms. The number of likely N-dealkylation sites (tertiary alicyclic amines) is 1. The second-order valence-electron chi connectivity index (χ2n) is 7.18. The first-order chi connectivity index (χ1) is 11.0. The molecular formula is C19H26N2O2. The Hall–Kier alpha value is -1.84. The molecule has 23 heavy (non-hydrogen) atoms. The molecule has 1 saturated carbocycles. The van der Waals surface area contributed by atoms with Crippen LogP contribution in [0.4, 0.5) is 0 Å². The molecule has 1 N–H and O–H groups in total. The fourth-order valence-electron chi connectivity index (χ4n) is 3.41. The average molecular weight is 314 g/mol. The third-order valence-electron chi connectivity index (χ3n) is 5.00. The van der Waals surface area contributed by atoms with Crippen LogP contribution in [0.2, 0.25) is 0 Å². The number of nitrogens with zero attached hydrogens (tertiary/aromatic N) is 1. The minimum Gasteiger partial charge on any atom is -0.352 e. The van der Waals surface area contributed by atoms with Crippen molar-refractivity contribution < 1.29 is 9.59 Å². The van der Waals surface area contributed by atoms with Crippen molar-refractivity contribution in [1.29, 1.82) is 0 Å². The third kappa shape index (κ3) is 3.92. The summed E-state index contributed by atoms with van der Waals surface area (Å²) >= 11 is 0. The number of carbonyl (C=O) groups excluding carboxylic acids is 2. The molecule has 2 aliphatic rings. The highest BCUT2D eigenvalue weighted by molar-refractivity contribution is 5.92. The molecule has 2 fully saturated rings. The van der Waals surface area contributed by atoms with Gasteiger partial charge in [0, 0.05) is 19.6 Å². The standard InChI is InChI=1S/C19H26N2O2/c1-13-5-7-15(8-6-13)11-20-18(22)16-10-17(16)19(23)21-9-3-4-14(2)12-21/h5-8,14,16-17H,3-4,9-12H2,1-2H3,(H,20,22). The van der Waals surface area contributed by atoms with E-state index in [1.165, 1.54) is 12.0 Å². The van der Waals surface area contributed by atoms with Crippen LogP contribution < -0.4 is 5.32 Å². The second-order valence-corrected chi connectivity index (χ2v) is 7.18. The maximum atomic E-state index is 12.5. The molecule has 1 aliphatic carbocycles. The number of carbonyl (C=O) groups is 2. The summed E-state index contributed by atoms with van der Waals surface area (Å²) in [6.07, 6.45) is 3.00. The zero-order valence-corrected chi connectivity index (χ0v) is 14.0. The van der Waals surface area contributed by atoms with E-state index >= 15 is 0 Å². The van der Waals surface area contributed by atoms with Gasteiger partial charge in [0.2, 0.25) is 11.8 Å². The lowest BCUT2D eigenvalue weighted by Gasteiger charge is -2.31. The summed E-state index contributed by atoms with van der Waals surface area (Å²) in [5.74, 6) is 0.588. The van der Waals surface area contributed by atoms with E-state index in [0.29, 0.717) is 18.9 Å². The van der Waals surface area contributed by atoms with Gasteiger partial charge in [-0.15, -0.1) is 0 Å². The van der Waals surface area contributed by atoms with Crippen molar-refractivity contribution in [2.75, 3.05) is 13.1 Å². The maximum absolute atomic E-state index is 12.5. The summed E-state index contributed by atoms with van der Waals surface area (Å²) in [6, 6.07) is 8.14. The van der Waals surface area contributed by atoms with Crippen LogP contribution in [0.25, 0.3) is 0 Å². The van der Waals surface area contributed by atoms with Gasteiger partial charge in [0.05, 0.1) is 11.8 Å². The molecule has 2 amide bonds. The van der Waals surface area contributed by atoms with Gasteiger partial charge in [0.25, 0.3) is 0 Å². The van der Waals surface area contributed by atoms with E-state index in [1.54, 1.807) is 0 Å². The molecule has 3 unspecified atom stereocenters. The zero-order valence-electron chi connectivity index (χ0n) is 14.0. The van der Waals surface area contributed by atoms with E-state index < -0.39 is 0 Å². The summed E-state index contributed by atoms with van der Waals surface area (Å²) in [7, 11) is 0. The molecule has 3 rings (SSSR count). The van der Waals surface area contributed by atoms with Crippen LogP contribution in [0.15, 0.2) is 24.3 Å². The van der Waals surface area contributed by atoms with Crippen LogP contribution >= 0.6 is 0 Å². The number of piperidine rings is 1. The van der Waals surface area contributed by atoms with E-state index in [4.69, 9.17) is 0 Å². The molecule has 3 atom stereocenters. The summed E-state index contributed by atoms with van der Waals surface area (Å²) in [6.45, 7) is 6.49. The van der Waals surface area contributed by atoms with Crippen LogP contribution in [0.1, 0.15) is 37.3 Å². The Morgan fingerprint density at radius 2 is 1.96 bits per heavy atom. The topological polar surface area (TPSA) is 49.4 Å². The van der Waals surface area contributed by atoms with Crippen molar-refractivity contribution >= 4 is 11.8 Å². The van der Waals surface area contributed by atoms with Crippen LogP contribution in [0.3, 0.4) is 0 Å². The van der Waals surface area contributed by atoms with Gasteiger partial charge in [0.15, 0.2) is 0 Å². The number of hydrogen-bond donors (Lipinski definition) is 1. The van der Waals surface area contributed by atoms with Crippen molar-refractivity contribution in [2.24, 2.45) is 17.8 Å². The van der Waals surface area contributed by atoms with Gasteiger partial charge in [-0.25, -0.2) is 0 Å². The quantitative estimate of drug-likeness (QED) is 0.928. The van der Waals surface area contributed by atoms with Gasteiger partial charge in [-0.05, 0) is 37.7 Å². The Kier molecular flexibility index (Phi) is 4.69. The molecular weight excluding hydrogens is 288 g/mol. The molecule has 4 nitrogen and oxygen atoms in total. The van der Waals surface area contributed by atoms with E-state index in [2.05, 4.69) is 12.2 Å². The van der Waals surface area contributed by atoms with Crippen molar-refractivity contribution in [1.82, 2.24) is 10.2 Å². The summed E-state index contributed by atoms with van der Waals surface area (Å²) in [4.78, 5) is 26.7. The monoisotopic (exact) mass is 314 g/mol. The zero-order chi connectivity index (χ0) is 16.4. The van der Waals surface area contributed by atoms with Gasteiger partial charge in [0.1, 0.15) is 0 Å². The van der Waals surface area contributed by atoms with Crippen LogP contribution in [0, 0.1) is 24.7 Å². The van der Waals surface area contributed by atoms with E-state index in [1.807, 2.05) is 36.1 Å². The molecule has 1 heterocycles. The highest BCUT2D eigenvalue weighted by Crippen LogP contribution is 2.40. The van der Waals surface area contributed by atoms with Crippen molar-refractivity contribution in [3.63, 3.8) is 0 Å². The van der Waals surface area contributed by atoms with Crippen molar-refractivity contribution in [2.45, 2.75) is 39.7 Å². The van der Waals surface area contributed by atoms with E-state index in [9.17, 15) is 9.59 Å². The first kappa shape index (κ1) is 16.0. The molecule has 1 aromatic carbocycles. The van der Waals surface area contributed by atoms with Gasteiger partial charge in [-0.2, -0.15) is 0 Å². The summed E-state index contributed by atoms with van der Waals surface area (Å²) in [5.41, 5.74) is 2.31. The van der Waals surface area contributed by atoms with Crippen LogP contribution in [-0.2, 0) is 16.1 Å². The second kappa shape index (κ2) is 6.73. The minimum absolute atomic E-state index is 0.0222. The highest BCUT2D eigenvalue weighted by Gasteiger charge is 2.49. The van der Waals surface area contributed by atoms with Gasteiger partial charge >= 0.3 is 0 Å². The molecule has 4 heteroatoms. The largest absolute Gasteiger partial charge is 0.352 e. The number of amides is 2. The average Bonchev–Trinajstić information content (AvgIpc) is 3.34. The molecule has 0 aromatic heterocycles. The molecule has 1 aromatic rings. The Labute approximate surface area is 138 Å². The molecule has 0 spiro atoms. The SMILES string of the molecule is Cc1ccc(CNC(=O)C2CC2C(=O)N2CCCC(C)C2)cc1. The Morgan fingerprint density at radius 1 is 1.22 bits per heavy atom. The number of benzene rings is 1. The summed E-state index contributed by atoms with van der Waals surface area (Å²) < 4.78 is 0. The first-order valence-corrected chi connectivity index (χ1v) is 8.66. The Morgan fingerprint density at radius 3 is 2.65 bits per heavy atom. The maximum Gasteiger partial charge on any atom is 0.226 e. The number of hydrogen-bond acceptors (Lipinski definition) is 2. The van der Waals surface area contributed by atoms with Gasteiger partial charge < -0.3 is 10.2 Å². The van der Waals surface area contributed by atoms with Crippen molar-refractivity contribution in [3.8, 4) is 0 Å². The lowest BCUT2D eigenvalue weighted by Crippen LogP contribution is -2.40. The Balaban J connectivity index is 1.46. The normalized spacial score (nSPS) is 26.7. The van der Waals surface area contributed by atoms with Crippen LogP contribution in [-0.4, -0.2) is 29.8 Å². The molecule has 1 saturated heterocycles. The summed E-state index contributed by atoms with van der Waals surface area (Å²) in [5, 5.41) is 2.97.